The molecule has 0 amide bonds. The van der Waals surface area contributed by atoms with E-state index in [1.54, 1.807) is 48.5 Å². The first-order chi connectivity index (χ1) is 25.0. The van der Waals surface area contributed by atoms with Gasteiger partial charge in [0.25, 0.3) is 0 Å². The summed E-state index contributed by atoms with van der Waals surface area (Å²) in [6.45, 7) is 3.97. The number of carbonyl (C=O) groups excluding carboxylic acids is 4. The molecule has 5 rings (SSSR count). The lowest BCUT2D eigenvalue weighted by atomic mass is 9.94. The fourth-order valence-electron chi connectivity index (χ4n) is 6.02. The molecule has 2 aromatic carbocycles. The average molecular weight is 730 g/mol. The van der Waals surface area contributed by atoms with Gasteiger partial charge in [0.2, 0.25) is 6.29 Å². The number of benzene rings is 2. The van der Waals surface area contributed by atoms with Crippen LogP contribution in [-0.2, 0) is 61.8 Å². The second-order valence-electron chi connectivity index (χ2n) is 11.9. The van der Waals surface area contributed by atoms with Gasteiger partial charge in [-0.05, 0) is 29.8 Å². The van der Waals surface area contributed by atoms with Crippen molar-refractivity contribution in [2.75, 3.05) is 20.3 Å². The molecule has 0 aliphatic carbocycles. The third-order valence-corrected chi connectivity index (χ3v) is 8.12. The van der Waals surface area contributed by atoms with Crippen molar-refractivity contribution in [1.82, 2.24) is 0 Å². The first-order valence-corrected chi connectivity index (χ1v) is 16.3. The molecule has 18 heteroatoms. The zero-order chi connectivity index (χ0) is 37.4. The number of nitrogens with zero attached hydrogens (tertiary/aromatic N) is 3. The number of esters is 4. The monoisotopic (exact) mass is 729 g/mol. The van der Waals surface area contributed by atoms with E-state index < -0.39 is 98.1 Å². The van der Waals surface area contributed by atoms with E-state index in [4.69, 9.17) is 52.1 Å². The molecule has 0 unspecified atom stereocenters. The average Bonchev–Trinajstić information content (AvgIpc) is 3.11. The van der Waals surface area contributed by atoms with E-state index in [-0.39, 0.29) is 6.61 Å². The molecule has 18 nitrogen and oxygen atoms in total. The van der Waals surface area contributed by atoms with Crippen LogP contribution in [0.1, 0.15) is 39.5 Å². The second kappa shape index (κ2) is 17.5. The summed E-state index contributed by atoms with van der Waals surface area (Å²) in [6, 6.07) is 14.3. The first kappa shape index (κ1) is 38.3. The van der Waals surface area contributed by atoms with Crippen molar-refractivity contribution < 1.29 is 71.3 Å². The predicted octanol–water partition coefficient (Wildman–Crippen LogP) is 3.06. The summed E-state index contributed by atoms with van der Waals surface area (Å²) in [5.41, 5.74) is 10.4. The van der Waals surface area contributed by atoms with Gasteiger partial charge < -0.3 is 52.1 Å². The van der Waals surface area contributed by atoms with Crippen LogP contribution in [0.4, 0.5) is 0 Å². The molecule has 0 radical (unpaired) electrons. The summed E-state index contributed by atoms with van der Waals surface area (Å²) in [5, 5.41) is 3.99. The SMILES string of the molecule is COc1ccc(O[C@@H]2O[C@@H]3CO[C@H](c4ccccc4)O[C@H]3[C@H](O[C@@H]3O[C@H](COC(C)=O)[C@H](OC(C)=O)[C@H](OC(C)=O)[C@H]3OC(C)=O)[C@H]2N=[N+]=[N-])cc1. The van der Waals surface area contributed by atoms with Gasteiger partial charge >= 0.3 is 23.9 Å². The highest BCUT2D eigenvalue weighted by atomic mass is 16.8. The lowest BCUT2D eigenvalue weighted by molar-refractivity contribution is -0.370. The van der Waals surface area contributed by atoms with Gasteiger partial charge in [0.1, 0.15) is 48.6 Å². The maximum Gasteiger partial charge on any atom is 0.303 e. The molecule has 3 aliphatic rings. The molecule has 3 fully saturated rings. The van der Waals surface area contributed by atoms with Gasteiger partial charge in [0.05, 0.1) is 13.7 Å². The van der Waals surface area contributed by atoms with Crippen LogP contribution in [0.2, 0.25) is 0 Å². The maximum absolute atomic E-state index is 12.5. The number of ether oxygens (including phenoxy) is 11. The zero-order valence-corrected chi connectivity index (χ0v) is 28.9. The zero-order valence-electron chi connectivity index (χ0n) is 28.9. The van der Waals surface area contributed by atoms with Crippen molar-refractivity contribution in [2.24, 2.45) is 5.11 Å². The minimum Gasteiger partial charge on any atom is -0.497 e. The number of carbonyl (C=O) groups is 4. The molecule has 0 N–H and O–H groups in total. The van der Waals surface area contributed by atoms with Crippen LogP contribution in [0.25, 0.3) is 10.4 Å². The number of hydrogen-bond acceptors (Lipinski definition) is 16. The number of fused-ring (bicyclic) bond motifs is 1. The van der Waals surface area contributed by atoms with Gasteiger partial charge in [-0.25, -0.2) is 0 Å². The third kappa shape index (κ3) is 9.47. The molecule has 3 saturated heterocycles. The molecule has 0 aromatic heterocycles. The lowest BCUT2D eigenvalue weighted by Gasteiger charge is -2.50. The molecule has 11 atom stereocenters. The minimum absolute atomic E-state index is 0.0197. The van der Waals surface area contributed by atoms with Crippen molar-refractivity contribution in [3.05, 3.63) is 70.6 Å². The van der Waals surface area contributed by atoms with Crippen LogP contribution >= 0.6 is 0 Å². The summed E-state index contributed by atoms with van der Waals surface area (Å²) >= 11 is 0. The van der Waals surface area contributed by atoms with Crippen LogP contribution in [0.5, 0.6) is 11.5 Å². The van der Waals surface area contributed by atoms with Crippen LogP contribution in [0.3, 0.4) is 0 Å². The number of hydrogen-bond donors (Lipinski definition) is 0. The van der Waals surface area contributed by atoms with E-state index in [2.05, 4.69) is 10.0 Å². The molecular formula is C34H39N3O15. The Balaban J connectivity index is 1.56. The molecule has 2 aromatic rings. The maximum atomic E-state index is 12.5. The predicted molar refractivity (Wildman–Crippen MR) is 172 cm³/mol. The van der Waals surface area contributed by atoms with Crippen LogP contribution < -0.4 is 9.47 Å². The van der Waals surface area contributed by atoms with Crippen molar-refractivity contribution in [2.45, 2.75) is 95.3 Å². The summed E-state index contributed by atoms with van der Waals surface area (Å²) in [6.07, 6.45) is -12.8. The highest BCUT2D eigenvalue weighted by Gasteiger charge is 2.57. The largest absolute Gasteiger partial charge is 0.497 e. The summed E-state index contributed by atoms with van der Waals surface area (Å²) in [7, 11) is 1.51. The molecule has 0 bridgehead atoms. The van der Waals surface area contributed by atoms with Gasteiger partial charge in [-0.1, -0.05) is 35.4 Å². The Bertz CT molecular complexity index is 1600. The molecule has 0 saturated carbocycles. The van der Waals surface area contributed by atoms with E-state index in [1.807, 2.05) is 6.07 Å². The quantitative estimate of drug-likeness (QED) is 0.101. The Morgan fingerprint density at radius 2 is 1.40 bits per heavy atom. The Labute approximate surface area is 298 Å². The summed E-state index contributed by atoms with van der Waals surface area (Å²) < 4.78 is 64.7. The highest BCUT2D eigenvalue weighted by Crippen LogP contribution is 2.40. The van der Waals surface area contributed by atoms with Crippen molar-refractivity contribution in [1.29, 1.82) is 0 Å². The smallest absolute Gasteiger partial charge is 0.303 e. The van der Waals surface area contributed by atoms with Crippen LogP contribution in [0, 0.1) is 0 Å². The van der Waals surface area contributed by atoms with Crippen LogP contribution in [-0.4, -0.2) is 106 Å². The van der Waals surface area contributed by atoms with E-state index in [1.165, 1.54) is 7.11 Å². The van der Waals surface area contributed by atoms with E-state index in [0.29, 0.717) is 17.1 Å². The number of rotatable bonds is 12. The Morgan fingerprint density at radius 3 is 2.02 bits per heavy atom. The molecule has 3 aliphatic heterocycles. The number of azide groups is 1. The normalized spacial score (nSPS) is 31.1. The lowest BCUT2D eigenvalue weighted by Crippen LogP contribution is -2.67. The highest BCUT2D eigenvalue weighted by molar-refractivity contribution is 5.68. The topological polar surface area (TPSA) is 219 Å². The van der Waals surface area contributed by atoms with Crippen LogP contribution in [0.15, 0.2) is 59.7 Å². The van der Waals surface area contributed by atoms with Gasteiger partial charge in [0, 0.05) is 38.2 Å². The molecule has 3 heterocycles. The Morgan fingerprint density at radius 1 is 0.769 bits per heavy atom. The van der Waals surface area contributed by atoms with Gasteiger partial charge in [0.15, 0.2) is 30.9 Å². The van der Waals surface area contributed by atoms with Crippen molar-refractivity contribution >= 4 is 23.9 Å². The molecule has 52 heavy (non-hydrogen) atoms. The standard InChI is InChI=1S/C34H39N3O15/c1-17(38)43-15-24-28(45-18(2)39)30(46-19(3)40)31(47-20(4)41)34(50-24)52-29-26(36-37-35)33(48-23-13-11-22(42-5)12-14-23)49-25-16-44-32(51-27(25)29)21-9-7-6-8-10-21/h6-14,24-34H,15-16H2,1-5H3/t24-,25-,26-,27-,28+,29-,30+,31-,32+,33-,34+/m1/s1. The molecule has 0 spiro atoms. The first-order valence-electron chi connectivity index (χ1n) is 16.3. The Hall–Kier alpha value is -4.97. The van der Waals surface area contributed by atoms with Gasteiger partial charge in [-0.3, -0.25) is 19.2 Å². The molecule has 280 valence electrons. The third-order valence-electron chi connectivity index (χ3n) is 8.12. The minimum atomic E-state index is -1.64. The van der Waals surface area contributed by atoms with E-state index in [9.17, 15) is 24.7 Å². The summed E-state index contributed by atoms with van der Waals surface area (Å²) in [4.78, 5) is 52.0. The van der Waals surface area contributed by atoms with Gasteiger partial charge in [-0.15, -0.1) is 0 Å². The van der Waals surface area contributed by atoms with Crippen molar-refractivity contribution in [3.8, 4) is 11.5 Å². The fraction of sp³-hybridized carbons (Fsp3) is 0.529. The summed E-state index contributed by atoms with van der Waals surface area (Å²) in [5.74, 6) is -2.25. The van der Waals surface area contributed by atoms with E-state index >= 15 is 0 Å². The molecular weight excluding hydrogens is 690 g/mol. The second-order valence-corrected chi connectivity index (χ2v) is 11.9. The van der Waals surface area contributed by atoms with Gasteiger partial charge in [-0.2, -0.15) is 0 Å². The Kier molecular flexibility index (Phi) is 12.9. The van der Waals surface area contributed by atoms with E-state index in [0.717, 1.165) is 27.7 Å². The fourth-order valence-corrected chi connectivity index (χ4v) is 6.02. The number of methoxy groups -OCH3 is 1. The van der Waals surface area contributed by atoms with Crippen molar-refractivity contribution in [3.63, 3.8) is 0 Å².